The van der Waals surface area contributed by atoms with Gasteiger partial charge in [0.2, 0.25) is 0 Å². The zero-order chi connectivity index (χ0) is 20.4. The molecule has 3 heterocycles. The van der Waals surface area contributed by atoms with Gasteiger partial charge in [-0.25, -0.2) is 14.8 Å². The second-order valence-electron chi connectivity index (χ2n) is 6.40. The van der Waals surface area contributed by atoms with Gasteiger partial charge in [0.1, 0.15) is 11.5 Å². The number of anilines is 2. The van der Waals surface area contributed by atoms with Crippen molar-refractivity contribution in [3.8, 4) is 11.1 Å². The van der Waals surface area contributed by atoms with Gasteiger partial charge in [0, 0.05) is 40.4 Å². The third kappa shape index (κ3) is 4.25. The quantitative estimate of drug-likeness (QED) is 0.530. The molecule has 144 valence electrons. The van der Waals surface area contributed by atoms with E-state index in [9.17, 15) is 9.59 Å². The van der Waals surface area contributed by atoms with Crippen LogP contribution in [0.3, 0.4) is 0 Å². The Labute approximate surface area is 171 Å². The van der Waals surface area contributed by atoms with Gasteiger partial charge >= 0.3 is 6.03 Å². The summed E-state index contributed by atoms with van der Waals surface area (Å²) in [6, 6.07) is 15.1. The summed E-state index contributed by atoms with van der Waals surface area (Å²) in [5, 5.41) is 5.98. The largest absolute Gasteiger partial charge is 0.324 e. The molecule has 0 bridgehead atoms. The third-order valence-electron chi connectivity index (χ3n) is 4.24. The molecule has 2 N–H and O–H groups in total. The normalized spacial score (nSPS) is 10.7. The van der Waals surface area contributed by atoms with E-state index >= 15 is 0 Å². The van der Waals surface area contributed by atoms with E-state index in [-0.39, 0.29) is 5.56 Å². The van der Waals surface area contributed by atoms with Gasteiger partial charge < -0.3 is 5.32 Å². The molecule has 29 heavy (non-hydrogen) atoms. The number of nitrogens with zero attached hydrogens (tertiary/aromatic N) is 3. The van der Waals surface area contributed by atoms with Crippen LogP contribution in [0.1, 0.15) is 5.69 Å². The first-order chi connectivity index (χ1) is 14.0. The number of aromatic nitrogens is 3. The average molecular weight is 406 g/mol. The van der Waals surface area contributed by atoms with Gasteiger partial charge in [-0.15, -0.1) is 0 Å². The Bertz CT molecular complexity index is 1250. The van der Waals surface area contributed by atoms with Crippen molar-refractivity contribution in [2.75, 3.05) is 10.6 Å². The molecule has 1 aromatic carbocycles. The number of carbonyl (C=O) groups excluding carboxylic acids is 1. The van der Waals surface area contributed by atoms with Crippen LogP contribution in [0.4, 0.5) is 16.3 Å². The van der Waals surface area contributed by atoms with Gasteiger partial charge in [-0.1, -0.05) is 11.6 Å². The minimum absolute atomic E-state index is 0.122. The van der Waals surface area contributed by atoms with Gasteiger partial charge in [-0.3, -0.25) is 14.5 Å². The monoisotopic (exact) mass is 405 g/mol. The molecule has 0 saturated carbocycles. The molecule has 7 nitrogen and oxygen atoms in total. The van der Waals surface area contributed by atoms with E-state index in [0.29, 0.717) is 27.9 Å². The van der Waals surface area contributed by atoms with Crippen LogP contribution < -0.4 is 16.2 Å². The maximum absolute atomic E-state index is 12.1. The predicted molar refractivity (Wildman–Crippen MR) is 114 cm³/mol. The van der Waals surface area contributed by atoms with Crippen molar-refractivity contribution in [3.63, 3.8) is 0 Å². The molecule has 0 atom stereocenters. The van der Waals surface area contributed by atoms with E-state index in [2.05, 4.69) is 20.6 Å². The van der Waals surface area contributed by atoms with Crippen molar-refractivity contribution in [1.29, 1.82) is 0 Å². The van der Waals surface area contributed by atoms with Crippen LogP contribution in [0, 0.1) is 6.92 Å². The first-order valence-electron chi connectivity index (χ1n) is 8.78. The van der Waals surface area contributed by atoms with Crippen molar-refractivity contribution in [3.05, 3.63) is 88.1 Å². The summed E-state index contributed by atoms with van der Waals surface area (Å²) in [4.78, 5) is 32.8. The van der Waals surface area contributed by atoms with Gasteiger partial charge in [0.25, 0.3) is 5.56 Å². The van der Waals surface area contributed by atoms with Crippen molar-refractivity contribution in [1.82, 2.24) is 14.4 Å². The first kappa shape index (κ1) is 18.6. The van der Waals surface area contributed by atoms with Gasteiger partial charge in [0.15, 0.2) is 0 Å². The molecule has 0 aliphatic heterocycles. The molecule has 0 unspecified atom stereocenters. The molecule has 8 heteroatoms. The van der Waals surface area contributed by atoms with Crippen LogP contribution in [0.2, 0.25) is 5.02 Å². The number of pyridine rings is 2. The number of benzene rings is 1. The highest BCUT2D eigenvalue weighted by Gasteiger charge is 2.06. The Balaban J connectivity index is 1.50. The topological polar surface area (TPSA) is 88.4 Å². The molecule has 0 fully saturated rings. The lowest BCUT2D eigenvalue weighted by molar-refractivity contribution is 0.262. The Morgan fingerprint density at radius 2 is 1.79 bits per heavy atom. The summed E-state index contributed by atoms with van der Waals surface area (Å²) in [5.41, 5.74) is 3.44. The summed E-state index contributed by atoms with van der Waals surface area (Å²) in [6.07, 6.45) is 3.34. The number of rotatable bonds is 3. The van der Waals surface area contributed by atoms with Crippen LogP contribution in [-0.4, -0.2) is 20.4 Å². The summed E-state index contributed by atoms with van der Waals surface area (Å²) >= 11 is 5.83. The number of urea groups is 1. The summed E-state index contributed by atoms with van der Waals surface area (Å²) in [5.74, 6) is 0.409. The highest BCUT2D eigenvalue weighted by molar-refractivity contribution is 6.30. The SMILES string of the molecule is Cc1cc(=O)n2ccc(-c3ccc(NC(=O)Nc4ccc(Cl)cc4)nc3)cc2n1. The molecule has 0 aliphatic rings. The molecular weight excluding hydrogens is 390 g/mol. The number of fused-ring (bicyclic) bond motifs is 1. The summed E-state index contributed by atoms with van der Waals surface area (Å²) in [6.45, 7) is 1.78. The number of hydrogen-bond acceptors (Lipinski definition) is 4. The fraction of sp³-hybridized carbons (Fsp3) is 0.0476. The van der Waals surface area contributed by atoms with E-state index in [1.807, 2.05) is 18.2 Å². The van der Waals surface area contributed by atoms with Crippen LogP contribution in [-0.2, 0) is 0 Å². The molecule has 0 saturated heterocycles. The van der Waals surface area contributed by atoms with E-state index in [1.54, 1.807) is 49.6 Å². The number of carbonyl (C=O) groups is 1. The maximum Gasteiger partial charge on any atom is 0.324 e. The first-order valence-corrected chi connectivity index (χ1v) is 9.16. The number of nitrogens with one attached hydrogen (secondary N) is 2. The Morgan fingerprint density at radius 1 is 1.00 bits per heavy atom. The summed E-state index contributed by atoms with van der Waals surface area (Å²) in [7, 11) is 0. The number of halogens is 1. The lowest BCUT2D eigenvalue weighted by Crippen LogP contribution is -2.19. The fourth-order valence-electron chi connectivity index (χ4n) is 2.85. The van der Waals surface area contributed by atoms with Crippen molar-refractivity contribution < 1.29 is 4.79 Å². The lowest BCUT2D eigenvalue weighted by Gasteiger charge is -2.08. The third-order valence-corrected chi connectivity index (χ3v) is 4.49. The molecule has 4 aromatic rings. The highest BCUT2D eigenvalue weighted by atomic mass is 35.5. The molecule has 0 aliphatic carbocycles. The van der Waals surface area contributed by atoms with Crippen LogP contribution in [0.25, 0.3) is 16.8 Å². The van der Waals surface area contributed by atoms with Crippen LogP contribution in [0.15, 0.2) is 71.8 Å². The smallest absolute Gasteiger partial charge is 0.308 e. The van der Waals surface area contributed by atoms with Crippen LogP contribution in [0.5, 0.6) is 0 Å². The predicted octanol–water partition coefficient (Wildman–Crippen LogP) is 4.36. The molecule has 0 spiro atoms. The van der Waals surface area contributed by atoms with Crippen molar-refractivity contribution in [2.24, 2.45) is 0 Å². The minimum atomic E-state index is -0.405. The van der Waals surface area contributed by atoms with E-state index in [0.717, 1.165) is 11.1 Å². The van der Waals surface area contributed by atoms with Gasteiger partial charge in [0.05, 0.1) is 0 Å². The van der Waals surface area contributed by atoms with Crippen molar-refractivity contribution in [2.45, 2.75) is 6.92 Å². The molecule has 3 aromatic heterocycles. The van der Waals surface area contributed by atoms with E-state index in [1.165, 1.54) is 10.5 Å². The van der Waals surface area contributed by atoms with E-state index in [4.69, 9.17) is 11.6 Å². The average Bonchev–Trinajstić information content (AvgIpc) is 2.69. The minimum Gasteiger partial charge on any atom is -0.308 e. The Morgan fingerprint density at radius 3 is 2.52 bits per heavy atom. The Kier molecular flexibility index (Phi) is 4.97. The standard InChI is InChI=1S/C21H16ClN5O2/c1-13-10-20(28)27-9-8-14(11-19(27)24-13)15-2-7-18(23-12-15)26-21(29)25-17-5-3-16(22)4-6-17/h2-12H,1H3,(H2,23,25,26,29). The molecule has 4 rings (SSSR count). The second kappa shape index (κ2) is 7.73. The molecular formula is C21H16ClN5O2. The zero-order valence-corrected chi connectivity index (χ0v) is 16.1. The maximum atomic E-state index is 12.1. The number of aryl methyl sites for hydroxylation is 1. The zero-order valence-electron chi connectivity index (χ0n) is 15.4. The van der Waals surface area contributed by atoms with Gasteiger partial charge in [-0.2, -0.15) is 0 Å². The second-order valence-corrected chi connectivity index (χ2v) is 6.83. The molecule has 2 amide bonds. The Hall–Kier alpha value is -3.71. The van der Waals surface area contributed by atoms with Gasteiger partial charge in [-0.05, 0) is 61.0 Å². The van der Waals surface area contributed by atoms with Crippen LogP contribution >= 0.6 is 11.6 Å². The highest BCUT2D eigenvalue weighted by Crippen LogP contribution is 2.21. The lowest BCUT2D eigenvalue weighted by atomic mass is 10.1. The fourth-order valence-corrected chi connectivity index (χ4v) is 2.98. The number of amides is 2. The summed E-state index contributed by atoms with van der Waals surface area (Å²) < 4.78 is 1.49. The molecule has 0 radical (unpaired) electrons. The van der Waals surface area contributed by atoms with Crippen molar-refractivity contribution >= 4 is 34.8 Å². The number of hydrogen-bond donors (Lipinski definition) is 2. The van der Waals surface area contributed by atoms with E-state index < -0.39 is 6.03 Å².